The maximum atomic E-state index is 12.1. The molecule has 0 spiro atoms. The van der Waals surface area contributed by atoms with E-state index < -0.39 is 0 Å². The van der Waals surface area contributed by atoms with E-state index in [9.17, 15) is 4.79 Å². The Bertz CT molecular complexity index is 1020. The van der Waals surface area contributed by atoms with Crippen molar-refractivity contribution in [1.82, 2.24) is 19.7 Å². The second-order valence-electron chi connectivity index (χ2n) is 6.30. The van der Waals surface area contributed by atoms with Crippen LogP contribution < -0.4 is 10.6 Å². The molecule has 2 amide bonds. The zero-order valence-electron chi connectivity index (χ0n) is 14.9. The molecule has 2 aromatic carbocycles. The van der Waals surface area contributed by atoms with Crippen LogP contribution in [0.3, 0.4) is 0 Å². The summed E-state index contributed by atoms with van der Waals surface area (Å²) in [4.78, 5) is 12.1. The number of nitrogens with zero attached hydrogens (tertiary/aromatic N) is 3. The van der Waals surface area contributed by atoms with Gasteiger partial charge in [-0.3, -0.25) is 0 Å². The van der Waals surface area contributed by atoms with Gasteiger partial charge in [-0.2, -0.15) is 5.10 Å². The summed E-state index contributed by atoms with van der Waals surface area (Å²) in [5.74, 6) is 0. The Hall–Kier alpha value is -3.54. The van der Waals surface area contributed by atoms with Crippen LogP contribution in [0.1, 0.15) is 6.42 Å². The molecule has 0 radical (unpaired) electrons. The van der Waals surface area contributed by atoms with Gasteiger partial charge in [-0.15, -0.1) is 0 Å². The molecule has 2 N–H and O–H groups in total. The minimum atomic E-state index is -0.195. The highest BCUT2D eigenvalue weighted by atomic mass is 16.2. The summed E-state index contributed by atoms with van der Waals surface area (Å²) >= 11 is 0. The Balaban J connectivity index is 1.24. The van der Waals surface area contributed by atoms with Crippen LogP contribution >= 0.6 is 0 Å². The van der Waals surface area contributed by atoms with Crippen molar-refractivity contribution >= 4 is 22.6 Å². The monoisotopic (exact) mass is 359 g/mol. The Labute approximate surface area is 157 Å². The molecular formula is C21H21N5O. The van der Waals surface area contributed by atoms with E-state index >= 15 is 0 Å². The summed E-state index contributed by atoms with van der Waals surface area (Å²) < 4.78 is 3.98. The molecule has 136 valence electrons. The highest BCUT2D eigenvalue weighted by Gasteiger charge is 2.03. The number of amides is 2. The molecule has 4 rings (SSSR count). The second kappa shape index (κ2) is 7.78. The fraction of sp³-hybridized carbons (Fsp3) is 0.143. The molecule has 0 fully saturated rings. The molecule has 27 heavy (non-hydrogen) atoms. The summed E-state index contributed by atoms with van der Waals surface area (Å²) in [5, 5.41) is 11.2. The fourth-order valence-electron chi connectivity index (χ4n) is 3.08. The van der Waals surface area contributed by atoms with Gasteiger partial charge in [-0.1, -0.05) is 18.2 Å². The first-order valence-electron chi connectivity index (χ1n) is 8.98. The summed E-state index contributed by atoms with van der Waals surface area (Å²) in [6, 6.07) is 19.7. The third-order valence-electron chi connectivity index (χ3n) is 4.44. The van der Waals surface area contributed by atoms with Crippen molar-refractivity contribution in [2.75, 3.05) is 11.9 Å². The van der Waals surface area contributed by atoms with E-state index in [1.54, 1.807) is 10.9 Å². The lowest BCUT2D eigenvalue weighted by Gasteiger charge is -2.09. The zero-order chi connectivity index (χ0) is 18.5. The number of nitrogens with one attached hydrogen (secondary N) is 2. The molecule has 0 bridgehead atoms. The maximum Gasteiger partial charge on any atom is 0.319 e. The van der Waals surface area contributed by atoms with Gasteiger partial charge in [-0.05, 0) is 54.3 Å². The van der Waals surface area contributed by atoms with Crippen molar-refractivity contribution in [1.29, 1.82) is 0 Å². The van der Waals surface area contributed by atoms with Gasteiger partial charge in [0.25, 0.3) is 0 Å². The maximum absolute atomic E-state index is 12.1. The number of carbonyl (C=O) groups excluding carboxylic acids is 1. The topological polar surface area (TPSA) is 63.9 Å². The van der Waals surface area contributed by atoms with Gasteiger partial charge in [0.05, 0.1) is 5.69 Å². The SMILES string of the molecule is O=C(NCCCn1ccc2ccccc21)Nc1ccc(-n2cccn2)cc1. The van der Waals surface area contributed by atoms with E-state index in [1.807, 2.05) is 48.7 Å². The van der Waals surface area contributed by atoms with Crippen molar-refractivity contribution < 1.29 is 4.79 Å². The van der Waals surface area contributed by atoms with Crippen LogP contribution in [-0.4, -0.2) is 26.9 Å². The van der Waals surface area contributed by atoms with Gasteiger partial charge in [0.2, 0.25) is 0 Å². The van der Waals surface area contributed by atoms with Crippen LogP contribution in [0.25, 0.3) is 16.6 Å². The molecule has 0 saturated heterocycles. The minimum Gasteiger partial charge on any atom is -0.347 e. The van der Waals surface area contributed by atoms with Crippen LogP contribution in [0.15, 0.2) is 79.3 Å². The minimum absolute atomic E-state index is 0.195. The molecule has 2 heterocycles. The van der Waals surface area contributed by atoms with Crippen LogP contribution in [0, 0.1) is 0 Å². The number of hydrogen-bond acceptors (Lipinski definition) is 2. The lowest BCUT2D eigenvalue weighted by atomic mass is 10.2. The number of urea groups is 1. The number of rotatable bonds is 6. The smallest absolute Gasteiger partial charge is 0.319 e. The summed E-state index contributed by atoms with van der Waals surface area (Å²) in [7, 11) is 0. The molecule has 6 nitrogen and oxygen atoms in total. The first kappa shape index (κ1) is 16.9. The van der Waals surface area contributed by atoms with E-state index in [4.69, 9.17) is 0 Å². The highest BCUT2D eigenvalue weighted by Crippen LogP contribution is 2.15. The highest BCUT2D eigenvalue weighted by molar-refractivity contribution is 5.89. The van der Waals surface area contributed by atoms with Crippen molar-refractivity contribution in [3.8, 4) is 5.69 Å². The molecule has 0 aliphatic carbocycles. The Morgan fingerprint density at radius 3 is 2.63 bits per heavy atom. The zero-order valence-corrected chi connectivity index (χ0v) is 14.9. The molecule has 0 atom stereocenters. The number of hydrogen-bond donors (Lipinski definition) is 2. The first-order valence-corrected chi connectivity index (χ1v) is 8.98. The van der Waals surface area contributed by atoms with Crippen LogP contribution in [0.4, 0.5) is 10.5 Å². The number of carbonyl (C=O) groups is 1. The number of para-hydroxylation sites is 1. The summed E-state index contributed by atoms with van der Waals surface area (Å²) in [6.07, 6.45) is 6.56. The predicted octanol–water partition coefficient (Wildman–Crippen LogP) is 4.04. The third-order valence-corrected chi connectivity index (χ3v) is 4.44. The average Bonchev–Trinajstić information content (AvgIpc) is 3.36. The van der Waals surface area contributed by atoms with Crippen molar-refractivity contribution in [2.24, 2.45) is 0 Å². The Kier molecular flexibility index (Phi) is 4.87. The van der Waals surface area contributed by atoms with Gasteiger partial charge in [0.1, 0.15) is 0 Å². The van der Waals surface area contributed by atoms with Gasteiger partial charge in [0, 0.05) is 42.9 Å². The van der Waals surface area contributed by atoms with Crippen molar-refractivity contribution in [2.45, 2.75) is 13.0 Å². The third kappa shape index (κ3) is 4.00. The van der Waals surface area contributed by atoms with E-state index in [-0.39, 0.29) is 6.03 Å². The molecule has 0 aliphatic rings. The Morgan fingerprint density at radius 1 is 0.963 bits per heavy atom. The number of fused-ring (bicyclic) bond motifs is 1. The number of benzene rings is 2. The van der Waals surface area contributed by atoms with Crippen LogP contribution in [0.5, 0.6) is 0 Å². The standard InChI is InChI=1S/C21H21N5O/c27-21(24-18-7-9-19(10-8-18)26-15-4-13-23-26)22-12-3-14-25-16-11-17-5-1-2-6-20(17)25/h1-2,4-11,13,15-16H,3,12,14H2,(H2,22,24,27). The molecule has 0 aliphatic heterocycles. The van der Waals surface area contributed by atoms with Crippen LogP contribution in [0.2, 0.25) is 0 Å². The molecular weight excluding hydrogens is 338 g/mol. The molecule has 0 unspecified atom stereocenters. The summed E-state index contributed by atoms with van der Waals surface area (Å²) in [6.45, 7) is 1.48. The number of aromatic nitrogens is 3. The van der Waals surface area contributed by atoms with Gasteiger partial charge >= 0.3 is 6.03 Å². The van der Waals surface area contributed by atoms with E-state index in [0.29, 0.717) is 6.54 Å². The number of anilines is 1. The first-order chi connectivity index (χ1) is 13.3. The van der Waals surface area contributed by atoms with Gasteiger partial charge in [0.15, 0.2) is 0 Å². The molecule has 6 heteroatoms. The van der Waals surface area contributed by atoms with Gasteiger partial charge in [-0.25, -0.2) is 9.48 Å². The van der Waals surface area contributed by atoms with E-state index in [1.165, 1.54) is 10.9 Å². The molecule has 4 aromatic rings. The quantitative estimate of drug-likeness (QED) is 0.510. The normalized spacial score (nSPS) is 10.8. The largest absolute Gasteiger partial charge is 0.347 e. The fourth-order valence-corrected chi connectivity index (χ4v) is 3.08. The molecule has 0 saturated carbocycles. The number of aryl methyl sites for hydroxylation is 1. The van der Waals surface area contributed by atoms with Crippen molar-refractivity contribution in [3.05, 3.63) is 79.3 Å². The van der Waals surface area contributed by atoms with Crippen molar-refractivity contribution in [3.63, 3.8) is 0 Å². The second-order valence-corrected chi connectivity index (χ2v) is 6.30. The van der Waals surface area contributed by atoms with E-state index in [2.05, 4.69) is 44.7 Å². The predicted molar refractivity (Wildman–Crippen MR) is 107 cm³/mol. The Morgan fingerprint density at radius 2 is 1.81 bits per heavy atom. The van der Waals surface area contributed by atoms with E-state index in [0.717, 1.165) is 24.3 Å². The lowest BCUT2D eigenvalue weighted by Crippen LogP contribution is -2.30. The van der Waals surface area contributed by atoms with Gasteiger partial charge < -0.3 is 15.2 Å². The summed E-state index contributed by atoms with van der Waals surface area (Å²) in [5.41, 5.74) is 2.92. The molecule has 2 aromatic heterocycles. The average molecular weight is 359 g/mol. The van der Waals surface area contributed by atoms with Crippen LogP contribution in [-0.2, 0) is 6.54 Å². The lowest BCUT2D eigenvalue weighted by molar-refractivity contribution is 0.252.